The first-order valence-electron chi connectivity index (χ1n) is 10.0. The molecule has 7 nitrogen and oxygen atoms in total. The smallest absolute Gasteiger partial charge is 0.243 e. The molecule has 2 aromatic rings. The number of carbonyl (C=O) groups is 1. The van der Waals surface area contributed by atoms with E-state index in [1.54, 1.807) is 43.4 Å². The van der Waals surface area contributed by atoms with E-state index in [2.05, 4.69) is 0 Å². The molecule has 0 aliphatic carbocycles. The zero-order valence-electron chi connectivity index (χ0n) is 18.2. The van der Waals surface area contributed by atoms with Gasteiger partial charge in [-0.05, 0) is 44.2 Å². The van der Waals surface area contributed by atoms with Crippen LogP contribution < -0.4 is 9.47 Å². The molecule has 1 saturated heterocycles. The van der Waals surface area contributed by atoms with Gasteiger partial charge >= 0.3 is 0 Å². The molecule has 9 heteroatoms. The van der Waals surface area contributed by atoms with Crippen molar-refractivity contribution in [1.29, 1.82) is 0 Å². The third-order valence-corrected chi connectivity index (χ3v) is 8.22. The normalized spacial score (nSPS) is 16.1. The summed E-state index contributed by atoms with van der Waals surface area (Å²) in [6.45, 7) is 5.11. The summed E-state index contributed by atoms with van der Waals surface area (Å²) < 4.78 is 37.7. The number of carbonyl (C=O) groups excluding carboxylic acids is 1. The number of sulfonamides is 1. The summed E-state index contributed by atoms with van der Waals surface area (Å²) in [6.07, 6.45) is 0. The third kappa shape index (κ3) is 5.34. The second-order valence-corrected chi connectivity index (χ2v) is 10.7. The summed E-state index contributed by atoms with van der Waals surface area (Å²) >= 11 is 1.44. The molecule has 1 fully saturated rings. The predicted molar refractivity (Wildman–Crippen MR) is 121 cm³/mol. The Morgan fingerprint density at radius 2 is 1.58 bits per heavy atom. The van der Waals surface area contributed by atoms with Crippen molar-refractivity contribution in [3.8, 4) is 11.5 Å². The average molecular weight is 465 g/mol. The Morgan fingerprint density at radius 1 is 0.968 bits per heavy atom. The molecule has 0 saturated carbocycles. The van der Waals surface area contributed by atoms with Gasteiger partial charge < -0.3 is 14.4 Å². The molecular formula is C22H28N2O5S2. The van der Waals surface area contributed by atoms with Crippen molar-refractivity contribution < 1.29 is 22.7 Å². The Morgan fingerprint density at radius 3 is 2.16 bits per heavy atom. The number of hydrogen-bond acceptors (Lipinski definition) is 6. The monoisotopic (exact) mass is 464 g/mol. The van der Waals surface area contributed by atoms with Crippen LogP contribution in [0.15, 0.2) is 52.3 Å². The molecule has 0 N–H and O–H groups in total. The highest BCUT2D eigenvalue weighted by Gasteiger charge is 2.31. The second-order valence-electron chi connectivity index (χ2n) is 7.32. The molecular weight excluding hydrogens is 436 g/mol. The number of aryl methyl sites for hydroxylation is 1. The van der Waals surface area contributed by atoms with Crippen LogP contribution in [-0.4, -0.2) is 69.2 Å². The highest BCUT2D eigenvalue weighted by molar-refractivity contribution is 8.00. The summed E-state index contributed by atoms with van der Waals surface area (Å²) in [6, 6.07) is 12.4. The number of hydrogen-bond donors (Lipinski definition) is 0. The standard InChI is InChI=1S/C22H28N2O5S2/c1-16-5-8-19(9-6-16)31(26,27)24-13-11-23(12-14-24)22(25)17(2)30-18-7-10-20(28-3)21(15-18)29-4/h5-10,15,17H,11-14H2,1-4H3/t17-/m1/s1. The maximum atomic E-state index is 12.9. The maximum Gasteiger partial charge on any atom is 0.243 e. The lowest BCUT2D eigenvalue weighted by Gasteiger charge is -2.35. The molecule has 1 aliphatic heterocycles. The van der Waals surface area contributed by atoms with Gasteiger partial charge in [0.15, 0.2) is 11.5 Å². The van der Waals surface area contributed by atoms with E-state index in [4.69, 9.17) is 9.47 Å². The fraction of sp³-hybridized carbons (Fsp3) is 0.409. The van der Waals surface area contributed by atoms with Crippen LogP contribution in [0.3, 0.4) is 0 Å². The van der Waals surface area contributed by atoms with Gasteiger partial charge in [0.2, 0.25) is 15.9 Å². The van der Waals surface area contributed by atoms with E-state index in [0.717, 1.165) is 10.5 Å². The Bertz CT molecular complexity index is 1020. The van der Waals surface area contributed by atoms with Crippen LogP contribution in [0.4, 0.5) is 0 Å². The second kappa shape index (κ2) is 9.93. The number of amides is 1. The van der Waals surface area contributed by atoms with Crippen LogP contribution in [-0.2, 0) is 14.8 Å². The van der Waals surface area contributed by atoms with Gasteiger partial charge in [0.25, 0.3) is 0 Å². The minimum Gasteiger partial charge on any atom is -0.493 e. The largest absolute Gasteiger partial charge is 0.493 e. The van der Waals surface area contributed by atoms with E-state index in [0.29, 0.717) is 24.6 Å². The highest BCUT2D eigenvalue weighted by Crippen LogP contribution is 2.34. The predicted octanol–water partition coefficient (Wildman–Crippen LogP) is 3.03. The molecule has 0 spiro atoms. The van der Waals surface area contributed by atoms with E-state index >= 15 is 0 Å². The van der Waals surface area contributed by atoms with Crippen molar-refractivity contribution in [3.63, 3.8) is 0 Å². The van der Waals surface area contributed by atoms with Crippen molar-refractivity contribution in [3.05, 3.63) is 48.0 Å². The van der Waals surface area contributed by atoms with Crippen LogP contribution in [0, 0.1) is 6.92 Å². The first-order valence-corrected chi connectivity index (χ1v) is 12.3. The Labute approximate surface area is 188 Å². The third-order valence-electron chi connectivity index (χ3n) is 5.22. The van der Waals surface area contributed by atoms with Crippen LogP contribution in [0.1, 0.15) is 12.5 Å². The van der Waals surface area contributed by atoms with Crippen molar-refractivity contribution in [2.24, 2.45) is 0 Å². The molecule has 31 heavy (non-hydrogen) atoms. The van der Waals surface area contributed by atoms with Gasteiger partial charge in [-0.15, -0.1) is 11.8 Å². The van der Waals surface area contributed by atoms with E-state index in [9.17, 15) is 13.2 Å². The Hall–Kier alpha value is -2.23. The van der Waals surface area contributed by atoms with Gasteiger partial charge in [0.05, 0.1) is 24.4 Å². The van der Waals surface area contributed by atoms with Crippen LogP contribution in [0.2, 0.25) is 0 Å². The fourth-order valence-electron chi connectivity index (χ4n) is 3.41. The number of thioether (sulfide) groups is 1. The van der Waals surface area contributed by atoms with Gasteiger partial charge in [-0.2, -0.15) is 4.31 Å². The number of piperazine rings is 1. The molecule has 1 heterocycles. The minimum absolute atomic E-state index is 0.00725. The van der Waals surface area contributed by atoms with Gasteiger partial charge in [-0.1, -0.05) is 17.7 Å². The number of benzene rings is 2. The summed E-state index contributed by atoms with van der Waals surface area (Å²) in [5.41, 5.74) is 1.01. The van der Waals surface area contributed by atoms with Crippen molar-refractivity contribution >= 4 is 27.7 Å². The molecule has 168 valence electrons. The highest BCUT2D eigenvalue weighted by atomic mass is 32.2. The molecule has 3 rings (SSSR count). The Balaban J connectivity index is 1.60. The van der Waals surface area contributed by atoms with E-state index in [1.165, 1.54) is 16.1 Å². The summed E-state index contributed by atoms with van der Waals surface area (Å²) in [4.78, 5) is 15.8. The SMILES string of the molecule is COc1ccc(S[C@H](C)C(=O)N2CCN(S(=O)(=O)c3ccc(C)cc3)CC2)cc1OC. The number of nitrogens with zero attached hydrogens (tertiary/aromatic N) is 2. The van der Waals surface area contributed by atoms with E-state index in [-0.39, 0.29) is 29.1 Å². The lowest BCUT2D eigenvalue weighted by molar-refractivity contribution is -0.131. The van der Waals surface area contributed by atoms with Crippen molar-refractivity contribution in [1.82, 2.24) is 9.21 Å². The molecule has 0 bridgehead atoms. The minimum atomic E-state index is -3.55. The molecule has 0 radical (unpaired) electrons. The summed E-state index contributed by atoms with van der Waals surface area (Å²) in [7, 11) is -0.393. The quantitative estimate of drug-likeness (QED) is 0.587. The first kappa shape index (κ1) is 23.4. The number of ether oxygens (including phenoxy) is 2. The summed E-state index contributed by atoms with van der Waals surface area (Å²) in [5.74, 6) is 1.24. The fourth-order valence-corrected chi connectivity index (χ4v) is 5.81. The van der Waals surface area contributed by atoms with E-state index in [1.807, 2.05) is 32.0 Å². The van der Waals surface area contributed by atoms with Crippen molar-refractivity contribution in [2.45, 2.75) is 28.9 Å². The zero-order valence-corrected chi connectivity index (χ0v) is 19.8. The molecule has 2 aromatic carbocycles. The maximum absolute atomic E-state index is 12.9. The summed E-state index contributed by atoms with van der Waals surface area (Å²) in [5, 5.41) is -0.307. The lowest BCUT2D eigenvalue weighted by atomic mass is 10.2. The van der Waals surface area contributed by atoms with Gasteiger partial charge in [-0.3, -0.25) is 4.79 Å². The van der Waals surface area contributed by atoms with Gasteiger partial charge in [-0.25, -0.2) is 8.42 Å². The van der Waals surface area contributed by atoms with Crippen molar-refractivity contribution in [2.75, 3.05) is 40.4 Å². The van der Waals surface area contributed by atoms with Crippen LogP contribution in [0.25, 0.3) is 0 Å². The zero-order chi connectivity index (χ0) is 22.6. The van der Waals surface area contributed by atoms with Gasteiger partial charge in [0.1, 0.15) is 0 Å². The number of rotatable bonds is 7. The molecule has 1 aliphatic rings. The molecule has 1 atom stereocenters. The lowest BCUT2D eigenvalue weighted by Crippen LogP contribution is -2.52. The molecule has 1 amide bonds. The Kier molecular flexibility index (Phi) is 7.51. The molecule has 0 aromatic heterocycles. The van der Waals surface area contributed by atoms with Crippen LogP contribution in [0.5, 0.6) is 11.5 Å². The average Bonchev–Trinajstić information content (AvgIpc) is 2.78. The van der Waals surface area contributed by atoms with Crippen LogP contribution >= 0.6 is 11.8 Å². The topological polar surface area (TPSA) is 76.2 Å². The first-order chi connectivity index (χ1) is 14.8. The molecule has 0 unspecified atom stereocenters. The number of methoxy groups -OCH3 is 2. The van der Waals surface area contributed by atoms with Gasteiger partial charge in [0, 0.05) is 31.1 Å². The van der Waals surface area contributed by atoms with E-state index < -0.39 is 10.0 Å².